The SMILES string of the molecule is O=C(NCc1noc([C@@H]2CCC(=O)N2Cc2ccccc2)n1)NC1CCCC1. The first kappa shape index (κ1) is 18.5. The predicted molar refractivity (Wildman–Crippen MR) is 101 cm³/mol. The van der Waals surface area contributed by atoms with E-state index in [-0.39, 0.29) is 30.6 Å². The molecule has 0 radical (unpaired) electrons. The minimum absolute atomic E-state index is 0.0858. The average molecular weight is 383 g/mol. The predicted octanol–water partition coefficient (Wildman–Crippen LogP) is 2.68. The fraction of sp³-hybridized carbons (Fsp3) is 0.500. The lowest BCUT2D eigenvalue weighted by atomic mass is 10.2. The van der Waals surface area contributed by atoms with Crippen molar-refractivity contribution in [3.8, 4) is 0 Å². The lowest BCUT2D eigenvalue weighted by molar-refractivity contribution is -0.129. The Kier molecular flexibility index (Phi) is 5.55. The smallest absolute Gasteiger partial charge is 0.315 e. The van der Waals surface area contributed by atoms with Crippen molar-refractivity contribution >= 4 is 11.9 Å². The largest absolute Gasteiger partial charge is 0.337 e. The number of carbonyl (C=O) groups excluding carboxylic acids is 2. The van der Waals surface area contributed by atoms with Crippen LogP contribution in [0.25, 0.3) is 0 Å². The Morgan fingerprint density at radius 2 is 1.96 bits per heavy atom. The number of nitrogens with zero attached hydrogens (tertiary/aromatic N) is 3. The molecule has 1 aliphatic carbocycles. The number of amides is 3. The Bertz CT molecular complexity index is 816. The second-order valence-corrected chi connectivity index (χ2v) is 7.42. The van der Waals surface area contributed by atoms with E-state index < -0.39 is 0 Å². The zero-order valence-electron chi connectivity index (χ0n) is 15.8. The Morgan fingerprint density at radius 1 is 1.18 bits per heavy atom. The third kappa shape index (κ3) is 4.32. The normalized spacial score (nSPS) is 19.9. The van der Waals surface area contributed by atoms with Crippen LogP contribution in [0.3, 0.4) is 0 Å². The maximum Gasteiger partial charge on any atom is 0.315 e. The third-order valence-corrected chi connectivity index (χ3v) is 5.39. The van der Waals surface area contributed by atoms with Gasteiger partial charge in [0.2, 0.25) is 11.8 Å². The molecule has 0 bridgehead atoms. The highest BCUT2D eigenvalue weighted by molar-refractivity contribution is 5.78. The van der Waals surface area contributed by atoms with E-state index >= 15 is 0 Å². The minimum atomic E-state index is -0.221. The maximum absolute atomic E-state index is 12.3. The van der Waals surface area contributed by atoms with Crippen molar-refractivity contribution in [2.75, 3.05) is 0 Å². The van der Waals surface area contributed by atoms with Gasteiger partial charge >= 0.3 is 6.03 Å². The minimum Gasteiger partial charge on any atom is -0.337 e. The highest BCUT2D eigenvalue weighted by Gasteiger charge is 2.35. The second-order valence-electron chi connectivity index (χ2n) is 7.42. The molecule has 3 amide bonds. The summed E-state index contributed by atoms with van der Waals surface area (Å²) in [4.78, 5) is 30.5. The lowest BCUT2D eigenvalue weighted by Crippen LogP contribution is -2.40. The van der Waals surface area contributed by atoms with E-state index in [0.29, 0.717) is 31.1 Å². The second kappa shape index (κ2) is 8.41. The first-order valence-electron chi connectivity index (χ1n) is 9.89. The van der Waals surface area contributed by atoms with Gasteiger partial charge in [-0.3, -0.25) is 4.79 Å². The zero-order chi connectivity index (χ0) is 19.3. The number of nitrogens with one attached hydrogen (secondary N) is 2. The van der Waals surface area contributed by atoms with Crippen LogP contribution in [-0.2, 0) is 17.9 Å². The van der Waals surface area contributed by atoms with Gasteiger partial charge in [-0.1, -0.05) is 48.3 Å². The molecule has 28 heavy (non-hydrogen) atoms. The third-order valence-electron chi connectivity index (χ3n) is 5.39. The van der Waals surface area contributed by atoms with Crippen LogP contribution in [-0.4, -0.2) is 33.0 Å². The molecular weight excluding hydrogens is 358 g/mol. The molecule has 2 fully saturated rings. The van der Waals surface area contributed by atoms with Crippen molar-refractivity contribution in [2.24, 2.45) is 0 Å². The molecular formula is C20H25N5O3. The molecule has 2 heterocycles. The van der Waals surface area contributed by atoms with Gasteiger partial charge in [0.25, 0.3) is 0 Å². The van der Waals surface area contributed by atoms with Crippen molar-refractivity contribution in [1.29, 1.82) is 0 Å². The van der Waals surface area contributed by atoms with Gasteiger partial charge in [0.15, 0.2) is 5.82 Å². The van der Waals surface area contributed by atoms with Crippen molar-refractivity contribution in [2.45, 2.75) is 63.7 Å². The van der Waals surface area contributed by atoms with Crippen molar-refractivity contribution in [3.05, 3.63) is 47.6 Å². The molecule has 0 unspecified atom stereocenters. The molecule has 2 N–H and O–H groups in total. The van der Waals surface area contributed by atoms with Crippen molar-refractivity contribution in [3.63, 3.8) is 0 Å². The van der Waals surface area contributed by atoms with E-state index in [1.54, 1.807) is 4.90 Å². The summed E-state index contributed by atoms with van der Waals surface area (Å²) in [5.41, 5.74) is 1.06. The number of urea groups is 1. The van der Waals surface area contributed by atoms with E-state index in [9.17, 15) is 9.59 Å². The number of likely N-dealkylation sites (tertiary alicyclic amines) is 1. The highest BCUT2D eigenvalue weighted by atomic mass is 16.5. The summed E-state index contributed by atoms with van der Waals surface area (Å²) in [7, 11) is 0. The van der Waals surface area contributed by atoms with Crippen LogP contribution < -0.4 is 10.6 Å². The van der Waals surface area contributed by atoms with Crippen LogP contribution in [0.1, 0.15) is 61.8 Å². The first-order valence-corrected chi connectivity index (χ1v) is 9.89. The summed E-state index contributed by atoms with van der Waals surface area (Å²) in [6.07, 6.45) is 5.52. The van der Waals surface area contributed by atoms with E-state index in [1.807, 2.05) is 30.3 Å². The Morgan fingerprint density at radius 3 is 2.75 bits per heavy atom. The molecule has 8 heteroatoms. The van der Waals surface area contributed by atoms with Crippen LogP contribution in [0.2, 0.25) is 0 Å². The molecule has 1 aromatic carbocycles. The molecule has 1 aliphatic heterocycles. The fourth-order valence-corrected chi connectivity index (χ4v) is 3.91. The van der Waals surface area contributed by atoms with Gasteiger partial charge in [-0.15, -0.1) is 0 Å². The molecule has 2 aliphatic rings. The van der Waals surface area contributed by atoms with Gasteiger partial charge in [-0.05, 0) is 24.8 Å². The molecule has 1 aromatic heterocycles. The van der Waals surface area contributed by atoms with Crippen LogP contribution >= 0.6 is 0 Å². The molecule has 8 nitrogen and oxygen atoms in total. The van der Waals surface area contributed by atoms with Crippen LogP contribution in [0.4, 0.5) is 4.79 Å². The van der Waals surface area contributed by atoms with E-state index in [4.69, 9.17) is 4.52 Å². The van der Waals surface area contributed by atoms with Gasteiger partial charge in [0.1, 0.15) is 6.04 Å². The topological polar surface area (TPSA) is 100 Å². The first-order chi connectivity index (χ1) is 13.7. The van der Waals surface area contributed by atoms with Crippen LogP contribution in [0.15, 0.2) is 34.9 Å². The van der Waals surface area contributed by atoms with Gasteiger partial charge in [0, 0.05) is 19.0 Å². The molecule has 1 saturated heterocycles. The summed E-state index contributed by atoms with van der Waals surface area (Å²) in [6.45, 7) is 0.714. The van der Waals surface area contributed by atoms with E-state index in [1.165, 1.54) is 12.8 Å². The van der Waals surface area contributed by atoms with Crippen LogP contribution in [0.5, 0.6) is 0 Å². The number of aromatic nitrogens is 2. The Labute approximate surface area is 163 Å². The number of carbonyl (C=O) groups is 2. The monoisotopic (exact) mass is 383 g/mol. The molecule has 0 spiro atoms. The fourth-order valence-electron chi connectivity index (χ4n) is 3.91. The van der Waals surface area contributed by atoms with E-state index in [0.717, 1.165) is 18.4 Å². The van der Waals surface area contributed by atoms with Gasteiger partial charge in [-0.2, -0.15) is 4.98 Å². The van der Waals surface area contributed by atoms with E-state index in [2.05, 4.69) is 20.8 Å². The lowest BCUT2D eigenvalue weighted by Gasteiger charge is -2.22. The average Bonchev–Trinajstić information content (AvgIpc) is 3.44. The highest BCUT2D eigenvalue weighted by Crippen LogP contribution is 2.33. The Hall–Kier alpha value is -2.90. The summed E-state index contributed by atoms with van der Waals surface area (Å²) in [5, 5.41) is 9.70. The molecule has 1 saturated carbocycles. The van der Waals surface area contributed by atoms with Crippen molar-refractivity contribution < 1.29 is 14.1 Å². The summed E-state index contributed by atoms with van der Waals surface area (Å²) in [6, 6.07) is 9.69. The van der Waals surface area contributed by atoms with Crippen molar-refractivity contribution in [1.82, 2.24) is 25.7 Å². The zero-order valence-corrected chi connectivity index (χ0v) is 15.8. The van der Waals surface area contributed by atoms with Crippen LogP contribution in [0, 0.1) is 0 Å². The van der Waals surface area contributed by atoms with Gasteiger partial charge < -0.3 is 20.1 Å². The maximum atomic E-state index is 12.3. The number of hydrogen-bond donors (Lipinski definition) is 2. The number of rotatable bonds is 6. The summed E-state index contributed by atoms with van der Waals surface area (Å²) >= 11 is 0. The molecule has 1 atom stereocenters. The quantitative estimate of drug-likeness (QED) is 0.799. The summed E-state index contributed by atoms with van der Waals surface area (Å²) in [5.74, 6) is 0.924. The summed E-state index contributed by atoms with van der Waals surface area (Å²) < 4.78 is 5.40. The molecule has 2 aromatic rings. The van der Waals surface area contributed by atoms with Gasteiger partial charge in [-0.25, -0.2) is 4.79 Å². The number of benzene rings is 1. The number of hydrogen-bond acceptors (Lipinski definition) is 5. The standard InChI is InChI=1S/C20H25N5O3/c26-18-11-10-16(25(18)13-14-6-2-1-3-7-14)19-23-17(24-28-19)12-21-20(27)22-15-8-4-5-9-15/h1-3,6-7,15-16H,4-5,8-13H2,(H2,21,22,27)/t16-/m0/s1. The van der Waals surface area contributed by atoms with Gasteiger partial charge in [0.05, 0.1) is 6.54 Å². The molecule has 4 rings (SSSR count). The molecule has 148 valence electrons. The Balaban J connectivity index is 1.34.